The number of fused-ring (bicyclic) bond motifs is 3. The summed E-state index contributed by atoms with van der Waals surface area (Å²) in [6, 6.07) is 25.3. The van der Waals surface area contributed by atoms with Crippen LogP contribution in [0.3, 0.4) is 0 Å². The van der Waals surface area contributed by atoms with Crippen molar-refractivity contribution in [2.45, 2.75) is 0 Å². The molecule has 1 aliphatic rings. The molecule has 3 heteroatoms. The average molecular weight is 285 g/mol. The Hall–Kier alpha value is -2.68. The quantitative estimate of drug-likeness (QED) is 0.731. The second-order valence-electron chi connectivity index (χ2n) is 5.46. The molecule has 3 aromatic carbocycles. The first-order chi connectivity index (χ1) is 10.9. The Morgan fingerprint density at radius 2 is 1.50 bits per heavy atom. The van der Waals surface area contributed by atoms with Crippen LogP contribution in [-0.2, 0) is 0 Å². The van der Waals surface area contributed by atoms with Crippen molar-refractivity contribution in [3.8, 4) is 16.9 Å². The summed E-state index contributed by atoms with van der Waals surface area (Å²) in [7, 11) is 1.72. The summed E-state index contributed by atoms with van der Waals surface area (Å²) in [6.45, 7) is 0.140. The van der Waals surface area contributed by atoms with Gasteiger partial charge in [-0.15, -0.1) is 0 Å². The first-order valence-corrected chi connectivity index (χ1v) is 7.46. The normalized spacial score (nSPS) is 12.1. The van der Waals surface area contributed by atoms with Gasteiger partial charge in [-0.1, -0.05) is 72.2 Å². The minimum Gasteiger partial charge on any atom is -0.495 e. The molecule has 2 nitrogen and oxygen atoms in total. The van der Waals surface area contributed by atoms with E-state index >= 15 is 0 Å². The van der Waals surface area contributed by atoms with Crippen molar-refractivity contribution in [3.05, 3.63) is 72.8 Å². The van der Waals surface area contributed by atoms with E-state index in [9.17, 15) is 0 Å². The topological polar surface area (TPSA) is 21.3 Å². The number of para-hydroxylation sites is 1. The van der Waals surface area contributed by atoms with E-state index in [-0.39, 0.29) is 6.85 Å². The predicted molar refractivity (Wildman–Crippen MR) is 93.5 cm³/mol. The highest BCUT2D eigenvalue weighted by Crippen LogP contribution is 2.37. The molecule has 106 valence electrons. The molecular formula is C19H16BNO. The van der Waals surface area contributed by atoms with Crippen molar-refractivity contribution in [1.82, 2.24) is 0 Å². The van der Waals surface area contributed by atoms with Gasteiger partial charge in [-0.05, 0) is 17.1 Å². The maximum Gasteiger partial charge on any atom is 0.321 e. The molecule has 0 amide bonds. The fourth-order valence-electron chi connectivity index (χ4n) is 3.20. The maximum absolute atomic E-state index is 5.55. The van der Waals surface area contributed by atoms with E-state index in [1.54, 1.807) is 7.11 Å². The smallest absolute Gasteiger partial charge is 0.321 e. The second-order valence-corrected chi connectivity index (χ2v) is 5.46. The van der Waals surface area contributed by atoms with Gasteiger partial charge >= 0.3 is 6.85 Å². The highest BCUT2D eigenvalue weighted by atomic mass is 16.5. The molecule has 22 heavy (non-hydrogen) atoms. The number of rotatable bonds is 2. The number of nitrogens with one attached hydrogen (secondary N) is 1. The molecule has 0 fully saturated rings. The van der Waals surface area contributed by atoms with Crippen molar-refractivity contribution >= 4 is 23.5 Å². The molecule has 0 unspecified atom stereocenters. The van der Waals surface area contributed by atoms with Gasteiger partial charge in [0.1, 0.15) is 5.75 Å². The van der Waals surface area contributed by atoms with E-state index in [0.717, 1.165) is 11.4 Å². The zero-order chi connectivity index (χ0) is 14.9. The predicted octanol–water partition coefficient (Wildman–Crippen LogP) is 2.89. The van der Waals surface area contributed by atoms with Gasteiger partial charge in [-0.2, -0.15) is 0 Å². The van der Waals surface area contributed by atoms with Crippen molar-refractivity contribution in [2.24, 2.45) is 0 Å². The summed E-state index contributed by atoms with van der Waals surface area (Å²) in [5.74, 6) is 0.882. The molecule has 0 saturated heterocycles. The molecule has 1 heterocycles. The number of benzene rings is 3. The third-order valence-electron chi connectivity index (χ3n) is 4.23. The standard InChI is InChI=1S/C19H16BNO/c1-22-18-13-7-11-16-15-10-5-6-12-17(15)20(21-19(16)18)14-8-3-2-4-9-14/h2-13,21H,1H3. The maximum atomic E-state index is 5.55. The van der Waals surface area contributed by atoms with Crippen LogP contribution in [0.1, 0.15) is 0 Å². The average Bonchev–Trinajstić information content (AvgIpc) is 2.61. The fraction of sp³-hybridized carbons (Fsp3) is 0.0526. The summed E-state index contributed by atoms with van der Waals surface area (Å²) in [5.41, 5.74) is 6.09. The van der Waals surface area contributed by atoms with Crippen LogP contribution in [0.2, 0.25) is 0 Å². The highest BCUT2D eigenvalue weighted by Gasteiger charge is 2.30. The van der Waals surface area contributed by atoms with Gasteiger partial charge in [0, 0.05) is 5.56 Å². The van der Waals surface area contributed by atoms with Gasteiger partial charge in [-0.25, -0.2) is 0 Å². The van der Waals surface area contributed by atoms with Crippen LogP contribution in [-0.4, -0.2) is 14.0 Å². The van der Waals surface area contributed by atoms with Gasteiger partial charge < -0.3 is 9.96 Å². The van der Waals surface area contributed by atoms with E-state index in [1.807, 2.05) is 18.2 Å². The number of methoxy groups -OCH3 is 1. The largest absolute Gasteiger partial charge is 0.495 e. The summed E-state index contributed by atoms with van der Waals surface area (Å²) in [5, 5.41) is 3.66. The van der Waals surface area contributed by atoms with Crippen LogP contribution in [0.15, 0.2) is 72.8 Å². The van der Waals surface area contributed by atoms with E-state index in [2.05, 4.69) is 59.8 Å². The third-order valence-corrected chi connectivity index (χ3v) is 4.23. The van der Waals surface area contributed by atoms with Gasteiger partial charge in [0.2, 0.25) is 0 Å². The number of ether oxygens (including phenoxy) is 1. The minimum atomic E-state index is 0.140. The summed E-state index contributed by atoms with van der Waals surface area (Å²) < 4.78 is 5.55. The number of anilines is 1. The molecule has 0 atom stereocenters. The molecule has 0 saturated carbocycles. The molecule has 0 aromatic heterocycles. The SMILES string of the molecule is COc1cccc2c1NB(c1ccccc1)c1ccccc1-2. The van der Waals surface area contributed by atoms with Gasteiger partial charge in [0.15, 0.2) is 0 Å². The van der Waals surface area contributed by atoms with Crippen molar-refractivity contribution < 1.29 is 4.74 Å². The molecule has 4 rings (SSSR count). The van der Waals surface area contributed by atoms with Gasteiger partial charge in [0.05, 0.1) is 12.8 Å². The van der Waals surface area contributed by atoms with E-state index in [0.29, 0.717) is 0 Å². The van der Waals surface area contributed by atoms with Crippen LogP contribution >= 0.6 is 0 Å². The molecule has 0 radical (unpaired) electrons. The van der Waals surface area contributed by atoms with Gasteiger partial charge in [0.25, 0.3) is 0 Å². The molecule has 1 N–H and O–H groups in total. The van der Waals surface area contributed by atoms with Crippen LogP contribution in [0.5, 0.6) is 5.75 Å². The molecule has 0 bridgehead atoms. The Bertz CT molecular complexity index is 817. The lowest BCUT2D eigenvalue weighted by Crippen LogP contribution is -2.51. The summed E-state index contributed by atoms with van der Waals surface area (Å²) in [4.78, 5) is 0. The van der Waals surface area contributed by atoms with E-state index < -0.39 is 0 Å². The Morgan fingerprint density at radius 1 is 0.773 bits per heavy atom. The van der Waals surface area contributed by atoms with Gasteiger partial charge in [-0.3, -0.25) is 0 Å². The van der Waals surface area contributed by atoms with Crippen molar-refractivity contribution in [1.29, 1.82) is 0 Å². The zero-order valence-electron chi connectivity index (χ0n) is 12.4. The Balaban J connectivity index is 1.95. The van der Waals surface area contributed by atoms with E-state index in [4.69, 9.17) is 4.74 Å². The lowest BCUT2D eigenvalue weighted by atomic mass is 9.48. The fourth-order valence-corrected chi connectivity index (χ4v) is 3.20. The van der Waals surface area contributed by atoms with E-state index in [1.165, 1.54) is 22.1 Å². The molecule has 0 aliphatic carbocycles. The van der Waals surface area contributed by atoms with Crippen LogP contribution in [0, 0.1) is 0 Å². The number of hydrogen-bond donors (Lipinski definition) is 1. The molecule has 3 aromatic rings. The van der Waals surface area contributed by atoms with Crippen LogP contribution in [0.25, 0.3) is 11.1 Å². The second kappa shape index (κ2) is 5.26. The first kappa shape index (κ1) is 13.0. The molecular weight excluding hydrogens is 269 g/mol. The van der Waals surface area contributed by atoms with Crippen molar-refractivity contribution in [3.63, 3.8) is 0 Å². The lowest BCUT2D eigenvalue weighted by molar-refractivity contribution is 0.417. The Morgan fingerprint density at radius 3 is 2.32 bits per heavy atom. The summed E-state index contributed by atoms with van der Waals surface area (Å²) in [6.07, 6.45) is 0. The Kier molecular flexibility index (Phi) is 3.12. The van der Waals surface area contributed by atoms with Crippen LogP contribution in [0.4, 0.5) is 5.69 Å². The highest BCUT2D eigenvalue weighted by molar-refractivity contribution is 6.89. The molecule has 0 spiro atoms. The number of hydrogen-bond acceptors (Lipinski definition) is 2. The minimum absolute atomic E-state index is 0.140. The third kappa shape index (κ3) is 1.98. The lowest BCUT2D eigenvalue weighted by Gasteiger charge is -2.29. The van der Waals surface area contributed by atoms with Crippen molar-refractivity contribution in [2.75, 3.05) is 12.3 Å². The molecule has 1 aliphatic heterocycles. The Labute approximate surface area is 130 Å². The zero-order valence-corrected chi connectivity index (χ0v) is 12.4. The first-order valence-electron chi connectivity index (χ1n) is 7.46. The summed E-state index contributed by atoms with van der Waals surface area (Å²) >= 11 is 0. The monoisotopic (exact) mass is 285 g/mol. The van der Waals surface area contributed by atoms with Crippen LogP contribution < -0.4 is 20.9 Å².